The van der Waals surface area contributed by atoms with E-state index in [1.54, 1.807) is 61.5 Å². The Hall–Kier alpha value is -3.70. The van der Waals surface area contributed by atoms with Crippen molar-refractivity contribution in [3.63, 3.8) is 0 Å². The Morgan fingerprint density at radius 2 is 1.59 bits per heavy atom. The van der Waals surface area contributed by atoms with E-state index in [0.29, 0.717) is 48.9 Å². The zero-order valence-electron chi connectivity index (χ0n) is 19.7. The van der Waals surface area contributed by atoms with Gasteiger partial charge >= 0.3 is 0 Å². The van der Waals surface area contributed by atoms with E-state index >= 15 is 0 Å². The van der Waals surface area contributed by atoms with Crippen molar-refractivity contribution in [3.05, 3.63) is 116 Å². The van der Waals surface area contributed by atoms with Gasteiger partial charge in [-0.25, -0.2) is 0 Å². The lowest BCUT2D eigenvalue weighted by molar-refractivity contribution is -0.114. The molecule has 3 aromatic rings. The highest BCUT2D eigenvalue weighted by Crippen LogP contribution is 2.43. The predicted octanol–water partition coefficient (Wildman–Crippen LogP) is 6.70. The van der Waals surface area contributed by atoms with Gasteiger partial charge in [0.05, 0.1) is 28.3 Å². The molecule has 0 aromatic heterocycles. The third-order valence-electron chi connectivity index (χ3n) is 5.62. The molecule has 2 amide bonds. The van der Waals surface area contributed by atoms with Gasteiger partial charge in [-0.3, -0.25) is 9.59 Å². The number of anilines is 2. The molecule has 6 nitrogen and oxygen atoms in total. The van der Waals surface area contributed by atoms with Crippen molar-refractivity contribution in [2.24, 2.45) is 0 Å². The highest BCUT2D eigenvalue weighted by molar-refractivity contribution is 8.03. The summed E-state index contributed by atoms with van der Waals surface area (Å²) in [5.74, 6) is -1.26. The number of rotatable bonds is 7. The number of nitrogens with zero attached hydrogens (tertiary/aromatic N) is 1. The maximum absolute atomic E-state index is 13.5. The quantitative estimate of drug-likeness (QED) is 0.305. The van der Waals surface area contributed by atoms with Crippen LogP contribution in [-0.2, 0) is 9.59 Å². The second-order valence-corrected chi connectivity index (χ2v) is 9.97. The van der Waals surface area contributed by atoms with Crippen LogP contribution >= 0.6 is 35.0 Å². The molecule has 1 atom stereocenters. The van der Waals surface area contributed by atoms with Gasteiger partial charge in [-0.15, -0.1) is 0 Å². The molecule has 3 N–H and O–H groups in total. The number of amides is 2. The van der Waals surface area contributed by atoms with E-state index in [1.165, 1.54) is 11.8 Å². The van der Waals surface area contributed by atoms with Crippen molar-refractivity contribution < 1.29 is 9.59 Å². The van der Waals surface area contributed by atoms with Crippen LogP contribution in [0.25, 0.3) is 0 Å². The van der Waals surface area contributed by atoms with Gasteiger partial charge in [0, 0.05) is 32.7 Å². The van der Waals surface area contributed by atoms with E-state index in [0.717, 1.165) is 0 Å². The van der Waals surface area contributed by atoms with Crippen LogP contribution in [-0.4, -0.2) is 17.6 Å². The van der Waals surface area contributed by atoms with E-state index < -0.39 is 5.92 Å². The first-order chi connectivity index (χ1) is 17.9. The van der Waals surface area contributed by atoms with Gasteiger partial charge < -0.3 is 16.0 Å². The summed E-state index contributed by atoms with van der Waals surface area (Å²) in [5.41, 5.74) is 3.09. The van der Waals surface area contributed by atoms with Crippen molar-refractivity contribution in [2.45, 2.75) is 12.8 Å². The number of carbonyl (C=O) groups excluding carboxylic acids is 2. The molecule has 3 aromatic carbocycles. The molecule has 0 saturated heterocycles. The molecule has 1 aliphatic heterocycles. The summed E-state index contributed by atoms with van der Waals surface area (Å²) < 4.78 is 0. The molecule has 1 aliphatic rings. The summed E-state index contributed by atoms with van der Waals surface area (Å²) in [7, 11) is 0. The number of nitrogens with one attached hydrogen (secondary N) is 3. The maximum Gasteiger partial charge on any atom is 0.254 e. The highest BCUT2D eigenvalue weighted by Gasteiger charge is 2.36. The number of benzene rings is 3. The van der Waals surface area contributed by atoms with Crippen molar-refractivity contribution >= 4 is 58.2 Å². The molecule has 1 unspecified atom stereocenters. The minimum Gasteiger partial charge on any atom is -0.353 e. The second-order valence-electron chi connectivity index (χ2n) is 8.14. The molecule has 186 valence electrons. The fourth-order valence-corrected chi connectivity index (χ4v) is 5.20. The molecule has 37 heavy (non-hydrogen) atoms. The summed E-state index contributed by atoms with van der Waals surface area (Å²) in [4.78, 5) is 26.1. The molecule has 0 fully saturated rings. The maximum atomic E-state index is 13.5. The first kappa shape index (κ1) is 26.4. The van der Waals surface area contributed by atoms with Gasteiger partial charge in [-0.05, 0) is 55.0 Å². The number of allylic oxidation sites excluding steroid dienone is 2. The number of dihydropyridines is 1. The van der Waals surface area contributed by atoms with Gasteiger partial charge in [-0.1, -0.05) is 71.4 Å². The molecule has 0 spiro atoms. The monoisotopic (exact) mass is 548 g/mol. The van der Waals surface area contributed by atoms with E-state index in [4.69, 9.17) is 23.2 Å². The van der Waals surface area contributed by atoms with E-state index in [9.17, 15) is 14.9 Å². The third-order valence-corrected chi connectivity index (χ3v) is 7.23. The largest absolute Gasteiger partial charge is 0.353 e. The molecule has 0 radical (unpaired) electrons. The predicted molar refractivity (Wildman–Crippen MR) is 150 cm³/mol. The number of thioether (sulfide) groups is 1. The Morgan fingerprint density at radius 3 is 2.27 bits per heavy atom. The van der Waals surface area contributed by atoms with Crippen molar-refractivity contribution in [2.75, 3.05) is 16.4 Å². The highest BCUT2D eigenvalue weighted by atomic mass is 35.5. The van der Waals surface area contributed by atoms with E-state index in [1.807, 2.05) is 24.3 Å². The van der Waals surface area contributed by atoms with Crippen LogP contribution in [0.3, 0.4) is 0 Å². The summed E-state index contributed by atoms with van der Waals surface area (Å²) in [5, 5.41) is 20.6. The first-order valence-corrected chi connectivity index (χ1v) is 13.0. The zero-order valence-corrected chi connectivity index (χ0v) is 22.0. The number of hydrogen-bond donors (Lipinski definition) is 3. The van der Waals surface area contributed by atoms with Gasteiger partial charge in [0.15, 0.2) is 0 Å². The van der Waals surface area contributed by atoms with Crippen molar-refractivity contribution in [1.82, 2.24) is 5.32 Å². The van der Waals surface area contributed by atoms with Crippen LogP contribution in [0.5, 0.6) is 0 Å². The van der Waals surface area contributed by atoms with E-state index in [2.05, 4.69) is 22.0 Å². The minimum atomic E-state index is -0.730. The van der Waals surface area contributed by atoms with Crippen LogP contribution in [0.1, 0.15) is 18.4 Å². The average molecular weight is 549 g/mol. The fourth-order valence-electron chi connectivity index (χ4n) is 3.94. The number of hydrogen-bond acceptors (Lipinski definition) is 5. The topological polar surface area (TPSA) is 94.0 Å². The normalized spacial score (nSPS) is 15.0. The number of halogens is 2. The van der Waals surface area contributed by atoms with Gasteiger partial charge in [0.1, 0.15) is 0 Å². The number of carbonyl (C=O) groups is 2. The Bertz CT molecular complexity index is 1430. The van der Waals surface area contributed by atoms with Gasteiger partial charge in [0.25, 0.3) is 5.91 Å². The average Bonchev–Trinajstić information content (AvgIpc) is 2.89. The lowest BCUT2D eigenvalue weighted by atomic mass is 9.82. The SMILES string of the molecule is CC1=C(C(=O)Nc2ccc(Cl)cc2)C(c2ccccc2Cl)C(C#N)=C(SCC(=O)Nc2ccccc2)N1. The van der Waals surface area contributed by atoms with Gasteiger partial charge in [0.2, 0.25) is 5.91 Å². The Labute approximate surface area is 229 Å². The van der Waals surface area contributed by atoms with Crippen molar-refractivity contribution in [1.29, 1.82) is 5.26 Å². The summed E-state index contributed by atoms with van der Waals surface area (Å²) in [6, 6.07) is 25.3. The lowest BCUT2D eigenvalue weighted by Gasteiger charge is -2.30. The Balaban J connectivity index is 1.65. The van der Waals surface area contributed by atoms with Crippen LogP contribution in [0.15, 0.2) is 101 Å². The van der Waals surface area contributed by atoms with E-state index in [-0.39, 0.29) is 17.6 Å². The van der Waals surface area contributed by atoms with Crippen LogP contribution < -0.4 is 16.0 Å². The van der Waals surface area contributed by atoms with Crippen LogP contribution in [0, 0.1) is 11.3 Å². The zero-order chi connectivity index (χ0) is 26.4. The van der Waals surface area contributed by atoms with Crippen LogP contribution in [0.2, 0.25) is 10.0 Å². The summed E-state index contributed by atoms with van der Waals surface area (Å²) in [6.45, 7) is 1.76. The van der Waals surface area contributed by atoms with Crippen LogP contribution in [0.4, 0.5) is 11.4 Å². The molecule has 0 aliphatic carbocycles. The molecular formula is C28H22Cl2N4O2S. The minimum absolute atomic E-state index is 0.0667. The first-order valence-electron chi connectivity index (χ1n) is 11.3. The molecular weight excluding hydrogens is 527 g/mol. The lowest BCUT2D eigenvalue weighted by Crippen LogP contribution is -2.31. The Morgan fingerprint density at radius 1 is 0.946 bits per heavy atom. The summed E-state index contributed by atoms with van der Waals surface area (Å²) >= 11 is 13.7. The molecule has 0 bridgehead atoms. The molecule has 4 rings (SSSR count). The van der Waals surface area contributed by atoms with Gasteiger partial charge in [-0.2, -0.15) is 5.26 Å². The summed E-state index contributed by atoms with van der Waals surface area (Å²) in [6.07, 6.45) is 0. The standard InChI is InChI=1S/C28H22Cl2N4O2S/c1-17-25(27(36)34-20-13-11-18(29)12-14-20)26(21-9-5-6-10-23(21)30)22(15-31)28(32-17)37-16-24(35)33-19-7-3-2-4-8-19/h2-14,26,32H,16H2,1H3,(H,33,35)(H,34,36). The molecule has 9 heteroatoms. The second kappa shape index (κ2) is 12.0. The molecule has 1 heterocycles. The smallest absolute Gasteiger partial charge is 0.254 e. The third kappa shape index (κ3) is 6.36. The van der Waals surface area contributed by atoms with Crippen molar-refractivity contribution in [3.8, 4) is 6.07 Å². The fraction of sp³-hybridized carbons (Fsp3) is 0.107. The number of nitriles is 1. The number of para-hydroxylation sites is 1. The molecule has 0 saturated carbocycles. The Kier molecular flexibility index (Phi) is 8.57.